The standard InChI is InChI=1S/C91H100N22O21/c92-29-3-1-5-65-84(128)107-69-35-48(78(94)122)7-9-50(69)42-96-63-19-12-52(38-61(63)82(126)103-67(86(130)105-65)21-23-75(118)119)100-73(116)44-98-80(124)46-25-31-112(32-26-46)90-109-89(102-54-11-16-57(60(37-54)88(132)133)77-58-17-14-55(114)40-71(58)134-72-41-56(115)15-18-59(72)77)110-91(111-90)113-33-27-47(28-34-113)81(125)99-45-74(117)101-53-13-20-64-62(39-53)83(127)104-68(22-24-76(120)121)87(131)106-66(6-2-4-30-93)85(129)108-70-36-49(79(95)123)8-10-51(70)43-97-64/h7-20,35-41,46-47,65-68,96-97,114H,1-6,21-34,42-45,92-93H2,(H2,94,122)(H2,95,123)(H,98,124)(H,99,125)(H,100,116)(H,101,117)(H,103,126)(H,104,127)(H,105,130)(H,106,131)(H,107,128)(H,108,129)(H,118,119)(H,120,121)(H,132,133)(H,102,109,110,111)/t65-,66-,67-,68-/m0/s1. The molecule has 2 saturated heterocycles. The molecule has 7 aromatic rings. The maximum absolute atomic E-state index is 14.4. The van der Waals surface area contributed by atoms with Crippen molar-refractivity contribution >= 4 is 157 Å². The van der Waals surface area contributed by atoms with E-state index >= 15 is 0 Å². The number of carbonyl (C=O) groups is 15. The maximum Gasteiger partial charge on any atom is 0.336 e. The molecule has 4 atom stereocenters. The molecule has 1 aromatic heterocycles. The number of aromatic carboxylic acids is 1. The minimum atomic E-state index is -1.49. The second kappa shape index (κ2) is 43.5. The average molecular weight is 1840 g/mol. The molecule has 43 heteroatoms. The van der Waals surface area contributed by atoms with Crippen LogP contribution in [0.25, 0.3) is 33.4 Å². The molecule has 6 aromatic carbocycles. The number of anilines is 10. The van der Waals surface area contributed by atoms with Gasteiger partial charge in [0.2, 0.25) is 76.9 Å². The number of nitrogens with zero attached hydrogens (tertiary/aromatic N) is 5. The molecule has 13 rings (SSSR count). The molecule has 6 aliphatic rings. The van der Waals surface area contributed by atoms with Crippen LogP contribution in [-0.2, 0) is 61.0 Å². The van der Waals surface area contributed by atoms with Crippen LogP contribution in [0, 0.1) is 11.8 Å². The van der Waals surface area contributed by atoms with E-state index in [1.807, 2.05) is 9.80 Å². The van der Waals surface area contributed by atoms with Crippen LogP contribution in [0.3, 0.4) is 0 Å². The number of hydrogen-bond acceptors (Lipinski definition) is 28. The molecule has 0 radical (unpaired) electrons. The Balaban J connectivity index is 0.697. The molecule has 134 heavy (non-hydrogen) atoms. The van der Waals surface area contributed by atoms with Crippen molar-refractivity contribution < 1.29 is 96.8 Å². The Kier molecular flexibility index (Phi) is 30.9. The summed E-state index contributed by atoms with van der Waals surface area (Å²) in [5, 5.41) is 77.5. The highest BCUT2D eigenvalue weighted by atomic mass is 16.4. The van der Waals surface area contributed by atoms with Crippen LogP contribution in [0.1, 0.15) is 153 Å². The van der Waals surface area contributed by atoms with E-state index in [1.54, 1.807) is 18.2 Å². The molecular formula is C91H100N22O21. The number of aliphatic carboxylic acids is 2. The number of phenols is 1. The van der Waals surface area contributed by atoms with E-state index in [2.05, 4.69) is 69.1 Å². The number of carbonyl (C=O) groups excluding carboxylic acids is 12. The lowest BCUT2D eigenvalue weighted by Gasteiger charge is -2.34. The number of nitrogens with two attached hydrogens (primary N) is 4. The van der Waals surface area contributed by atoms with Gasteiger partial charge in [0.25, 0.3) is 11.8 Å². The van der Waals surface area contributed by atoms with E-state index in [1.165, 1.54) is 109 Å². The summed E-state index contributed by atoms with van der Waals surface area (Å²) in [6, 6.07) is 24.7. The minimum Gasteiger partial charge on any atom is -0.508 e. The smallest absolute Gasteiger partial charge is 0.336 e. The van der Waals surface area contributed by atoms with Gasteiger partial charge in [0.1, 0.15) is 41.3 Å². The van der Waals surface area contributed by atoms with Crippen molar-refractivity contribution in [3.8, 4) is 28.2 Å². The van der Waals surface area contributed by atoms with Gasteiger partial charge in [-0.25, -0.2) is 4.79 Å². The number of piperidine rings is 2. The van der Waals surface area contributed by atoms with E-state index in [0.717, 1.165) is 0 Å². The quantitative estimate of drug-likeness (QED) is 0.0220. The van der Waals surface area contributed by atoms with Gasteiger partial charge in [-0.1, -0.05) is 18.2 Å². The summed E-state index contributed by atoms with van der Waals surface area (Å²) < 4.78 is 6.04. The fourth-order valence-corrected chi connectivity index (χ4v) is 16.1. The Morgan fingerprint density at radius 1 is 0.463 bits per heavy atom. The zero-order valence-electron chi connectivity index (χ0n) is 72.3. The largest absolute Gasteiger partial charge is 0.508 e. The Labute approximate surface area is 763 Å². The number of benzene rings is 7. The number of rotatable bonds is 30. The first kappa shape index (κ1) is 95.4. The molecule has 700 valence electrons. The Bertz CT molecular complexity index is 5870. The molecule has 25 N–H and O–H groups in total. The van der Waals surface area contributed by atoms with Crippen molar-refractivity contribution in [2.75, 3.05) is 99.4 Å². The molecule has 2 fully saturated rings. The van der Waals surface area contributed by atoms with Crippen LogP contribution in [0.4, 0.5) is 57.7 Å². The summed E-state index contributed by atoms with van der Waals surface area (Å²) in [6.07, 6.45) is 0.864. The molecule has 0 bridgehead atoms. The molecule has 0 saturated carbocycles. The number of carboxylic acids is 3. The molecule has 0 unspecified atom stereocenters. The maximum atomic E-state index is 14.4. The lowest BCUT2D eigenvalue weighted by atomic mass is 9.90. The number of nitrogens with one attached hydrogen (secondary N) is 13. The summed E-state index contributed by atoms with van der Waals surface area (Å²) in [5.41, 5.74) is 25.0. The summed E-state index contributed by atoms with van der Waals surface area (Å²) >= 11 is 0. The zero-order chi connectivity index (χ0) is 95.6. The first-order chi connectivity index (χ1) is 64.3. The number of hydrogen-bond donors (Lipinski definition) is 21. The normalized spacial score (nSPS) is 16.9. The highest BCUT2D eigenvalue weighted by Crippen LogP contribution is 2.43. The van der Waals surface area contributed by atoms with Gasteiger partial charge < -0.3 is 127 Å². The molecular weight excluding hydrogens is 1740 g/mol. The van der Waals surface area contributed by atoms with Gasteiger partial charge in [-0.2, -0.15) is 15.0 Å². The van der Waals surface area contributed by atoms with E-state index in [4.69, 9.17) is 42.3 Å². The molecule has 43 nitrogen and oxygen atoms in total. The van der Waals surface area contributed by atoms with Crippen molar-refractivity contribution in [2.24, 2.45) is 34.8 Å². The van der Waals surface area contributed by atoms with Crippen molar-refractivity contribution in [1.82, 2.24) is 46.9 Å². The first-order valence-corrected chi connectivity index (χ1v) is 43.4. The van der Waals surface area contributed by atoms with Gasteiger partial charge in [0.15, 0.2) is 5.43 Å². The Morgan fingerprint density at radius 3 is 1.38 bits per heavy atom. The predicted octanol–water partition coefficient (Wildman–Crippen LogP) is 4.32. The SMILES string of the molecule is NCCCC[C@@H]1NC(=O)[C@H](CCC(=O)O)NC(=O)c2cc(NC(=O)CNC(=O)C3CCN(c4nc(Nc5ccc(-c6c7ccc(=O)cc-7oc7cc(O)ccc67)c(C(=O)O)c5)nc(N5CCC(C(=O)NCC(=O)Nc6ccc7c(c6)C(=O)N[C@@H](CCC(=O)O)C(=O)N[C@@H](CCCCN)C(=O)Nc6cc(C(N)=O)ccc6CN7)CC5)n4)CC3)ccc2NCc2ccc(C(N)=O)cc2NC1=O. The molecule has 12 amide bonds. The van der Waals surface area contributed by atoms with Gasteiger partial charge in [0, 0.05) is 144 Å². The molecule has 6 heterocycles. The Morgan fingerprint density at radius 2 is 0.925 bits per heavy atom. The van der Waals surface area contributed by atoms with E-state index in [9.17, 15) is 97.1 Å². The number of amides is 12. The monoisotopic (exact) mass is 1840 g/mol. The van der Waals surface area contributed by atoms with Gasteiger partial charge in [0.05, 0.1) is 29.8 Å². The van der Waals surface area contributed by atoms with E-state index < -0.39 is 164 Å². The van der Waals surface area contributed by atoms with Gasteiger partial charge in [-0.05, 0) is 204 Å². The number of aromatic nitrogens is 3. The fourth-order valence-electron chi connectivity index (χ4n) is 16.1. The molecule has 1 aliphatic carbocycles. The van der Waals surface area contributed by atoms with Crippen molar-refractivity contribution in [3.63, 3.8) is 0 Å². The third-order valence-electron chi connectivity index (χ3n) is 23.2. The molecule has 0 spiro atoms. The summed E-state index contributed by atoms with van der Waals surface area (Å²) in [4.78, 5) is 233. The second-order valence-corrected chi connectivity index (χ2v) is 32.6. The van der Waals surface area contributed by atoms with E-state index in [0.29, 0.717) is 53.3 Å². The van der Waals surface area contributed by atoms with Crippen LogP contribution in [0.2, 0.25) is 0 Å². The summed E-state index contributed by atoms with van der Waals surface area (Å²) in [5.74, 6) is -13.8. The highest BCUT2D eigenvalue weighted by Gasteiger charge is 2.36. The number of primary amides is 2. The van der Waals surface area contributed by atoms with Crippen molar-refractivity contribution in [3.05, 3.63) is 177 Å². The number of fused-ring (bicyclic) bond motifs is 6. The topological polar surface area (TPSA) is 673 Å². The lowest BCUT2D eigenvalue weighted by molar-refractivity contribution is -0.138. The highest BCUT2D eigenvalue weighted by molar-refractivity contribution is 6.11. The van der Waals surface area contributed by atoms with Gasteiger partial charge in [-0.3, -0.25) is 71.9 Å². The third-order valence-corrected chi connectivity index (χ3v) is 23.2. The predicted molar refractivity (Wildman–Crippen MR) is 490 cm³/mol. The number of phenolic OH excluding ortho intramolecular Hbond substituents is 1. The summed E-state index contributed by atoms with van der Waals surface area (Å²) in [6.45, 7) is 0.0672. The van der Waals surface area contributed by atoms with Crippen LogP contribution in [0.15, 0.2) is 137 Å². The van der Waals surface area contributed by atoms with Crippen LogP contribution >= 0.6 is 0 Å². The zero-order valence-corrected chi connectivity index (χ0v) is 72.3. The lowest BCUT2D eigenvalue weighted by Crippen LogP contribution is -2.53. The first-order valence-electron chi connectivity index (χ1n) is 43.4. The van der Waals surface area contributed by atoms with Crippen LogP contribution in [-0.4, -0.2) is 201 Å². The second-order valence-electron chi connectivity index (χ2n) is 32.6. The van der Waals surface area contributed by atoms with Crippen LogP contribution < -0.4 is 107 Å². The number of unbranched alkanes of at least 4 members (excludes halogenated alkanes) is 2. The van der Waals surface area contributed by atoms with Crippen LogP contribution in [0.5, 0.6) is 5.75 Å². The van der Waals surface area contributed by atoms with Crippen molar-refractivity contribution in [2.45, 2.75) is 127 Å². The molecule has 5 aliphatic heterocycles. The number of aromatic hydroxyl groups is 1. The van der Waals surface area contributed by atoms with Gasteiger partial charge >= 0.3 is 17.9 Å². The third kappa shape index (κ3) is 24.3. The van der Waals surface area contributed by atoms with Gasteiger partial charge in [-0.15, -0.1) is 0 Å². The van der Waals surface area contributed by atoms with Crippen molar-refractivity contribution in [1.29, 1.82) is 0 Å². The fraction of sp³-hybridized carbons (Fsp3) is 0.330. The summed E-state index contributed by atoms with van der Waals surface area (Å²) in [7, 11) is 0. The Hall–Kier alpha value is -16.2. The van der Waals surface area contributed by atoms with E-state index in [-0.39, 0.29) is 204 Å². The average Bonchev–Trinajstić information content (AvgIpc) is 0.744. The minimum absolute atomic E-state index is 0.0508. The number of carboxylic acid groups (broad SMARTS) is 3.